The van der Waals surface area contributed by atoms with Gasteiger partial charge in [0.05, 0.1) is 19.9 Å². The molecule has 0 spiro atoms. The van der Waals surface area contributed by atoms with Gasteiger partial charge in [0.25, 0.3) is 11.8 Å². The molecule has 176 valence electrons. The fraction of sp³-hybridized carbons (Fsp3) is 0.192. The molecule has 3 aromatic carbocycles. The number of rotatable bonds is 10. The molecule has 0 heterocycles. The van der Waals surface area contributed by atoms with Crippen LogP contribution in [0.15, 0.2) is 71.8 Å². The number of benzene rings is 3. The maximum Gasteiger partial charge on any atom is 0.271 e. The standard InChI is InChI=1S/C26H27N3O5/c1-4-33-24-15-19(16-27-29-26(31)20-8-12-22(32-3)13-9-20)7-14-23(24)34-17-25(30)28-21-10-5-18(2)6-11-21/h5-16H,4,17H2,1-3H3,(H,28,30)(H,29,31)/b27-16-. The summed E-state index contributed by atoms with van der Waals surface area (Å²) in [5.74, 6) is 0.941. The largest absolute Gasteiger partial charge is 0.497 e. The van der Waals surface area contributed by atoms with Crippen LogP contribution in [0.4, 0.5) is 5.69 Å². The van der Waals surface area contributed by atoms with Crippen LogP contribution in [0, 0.1) is 6.92 Å². The van der Waals surface area contributed by atoms with Crippen molar-refractivity contribution in [1.29, 1.82) is 0 Å². The van der Waals surface area contributed by atoms with E-state index in [1.165, 1.54) is 6.21 Å². The Morgan fingerprint density at radius 1 is 0.941 bits per heavy atom. The summed E-state index contributed by atoms with van der Waals surface area (Å²) in [4.78, 5) is 24.4. The Morgan fingerprint density at radius 2 is 1.68 bits per heavy atom. The van der Waals surface area contributed by atoms with Crippen molar-refractivity contribution in [3.8, 4) is 17.2 Å². The van der Waals surface area contributed by atoms with Gasteiger partial charge in [-0.15, -0.1) is 0 Å². The van der Waals surface area contributed by atoms with Crippen molar-refractivity contribution in [2.24, 2.45) is 5.10 Å². The van der Waals surface area contributed by atoms with Gasteiger partial charge in [-0.3, -0.25) is 9.59 Å². The number of ether oxygens (including phenoxy) is 3. The summed E-state index contributed by atoms with van der Waals surface area (Å²) < 4.78 is 16.4. The molecular formula is C26H27N3O5. The van der Waals surface area contributed by atoms with Crippen molar-refractivity contribution in [3.05, 3.63) is 83.4 Å². The molecule has 0 bridgehead atoms. The normalized spacial score (nSPS) is 10.6. The van der Waals surface area contributed by atoms with Crippen molar-refractivity contribution in [1.82, 2.24) is 5.43 Å². The highest BCUT2D eigenvalue weighted by molar-refractivity contribution is 5.95. The number of hydrogen-bond acceptors (Lipinski definition) is 6. The first-order valence-electron chi connectivity index (χ1n) is 10.7. The van der Waals surface area contributed by atoms with E-state index in [-0.39, 0.29) is 18.4 Å². The molecule has 34 heavy (non-hydrogen) atoms. The minimum atomic E-state index is -0.344. The lowest BCUT2D eigenvalue weighted by Gasteiger charge is -2.12. The fourth-order valence-electron chi connectivity index (χ4n) is 2.94. The van der Waals surface area contributed by atoms with Crippen LogP contribution in [0.2, 0.25) is 0 Å². The molecule has 0 saturated carbocycles. The number of hydrazone groups is 1. The van der Waals surface area contributed by atoms with E-state index in [4.69, 9.17) is 14.2 Å². The average Bonchev–Trinajstić information content (AvgIpc) is 2.85. The molecule has 8 nitrogen and oxygen atoms in total. The molecule has 0 fully saturated rings. The summed E-state index contributed by atoms with van der Waals surface area (Å²) >= 11 is 0. The molecule has 8 heteroatoms. The van der Waals surface area contributed by atoms with Crippen LogP contribution in [-0.2, 0) is 4.79 Å². The van der Waals surface area contributed by atoms with Crippen molar-refractivity contribution in [2.45, 2.75) is 13.8 Å². The number of nitrogens with zero attached hydrogens (tertiary/aromatic N) is 1. The van der Waals surface area contributed by atoms with Gasteiger partial charge >= 0.3 is 0 Å². The monoisotopic (exact) mass is 461 g/mol. The van der Waals surface area contributed by atoms with Crippen molar-refractivity contribution in [2.75, 3.05) is 25.6 Å². The van der Waals surface area contributed by atoms with E-state index < -0.39 is 0 Å². The highest BCUT2D eigenvalue weighted by atomic mass is 16.5. The Hall–Kier alpha value is -4.33. The van der Waals surface area contributed by atoms with Crippen LogP contribution in [0.25, 0.3) is 0 Å². The van der Waals surface area contributed by atoms with Gasteiger partial charge in [-0.05, 0) is 74.0 Å². The third-order valence-corrected chi connectivity index (χ3v) is 4.69. The SMILES string of the molecule is CCOc1cc(/C=N\NC(=O)c2ccc(OC)cc2)ccc1OCC(=O)Nc1ccc(C)cc1. The van der Waals surface area contributed by atoms with E-state index in [2.05, 4.69) is 15.8 Å². The number of aryl methyl sites for hydroxylation is 1. The lowest BCUT2D eigenvalue weighted by atomic mass is 10.2. The number of amides is 2. The number of carbonyl (C=O) groups is 2. The lowest BCUT2D eigenvalue weighted by Crippen LogP contribution is -2.20. The molecule has 0 aliphatic heterocycles. The van der Waals surface area contributed by atoms with Crippen LogP contribution >= 0.6 is 0 Å². The Balaban J connectivity index is 1.58. The molecule has 0 aromatic heterocycles. The van der Waals surface area contributed by atoms with Crippen molar-refractivity contribution >= 4 is 23.7 Å². The van der Waals surface area contributed by atoms with Crippen LogP contribution in [0.5, 0.6) is 17.2 Å². The van der Waals surface area contributed by atoms with E-state index in [9.17, 15) is 9.59 Å². The first-order chi connectivity index (χ1) is 16.5. The Bertz CT molecular complexity index is 1140. The quantitative estimate of drug-likeness (QED) is 0.349. The Kier molecular flexibility index (Phi) is 8.62. The molecule has 3 rings (SSSR count). The second-order valence-corrected chi connectivity index (χ2v) is 7.27. The molecule has 0 saturated heterocycles. The van der Waals surface area contributed by atoms with Gasteiger partial charge in [0, 0.05) is 11.3 Å². The maximum atomic E-state index is 12.2. The minimum Gasteiger partial charge on any atom is -0.497 e. The summed E-state index contributed by atoms with van der Waals surface area (Å²) in [5.41, 5.74) is 5.44. The summed E-state index contributed by atoms with van der Waals surface area (Å²) in [5, 5.41) is 6.79. The van der Waals surface area contributed by atoms with E-state index >= 15 is 0 Å². The van der Waals surface area contributed by atoms with Crippen molar-refractivity contribution < 1.29 is 23.8 Å². The lowest BCUT2D eigenvalue weighted by molar-refractivity contribution is -0.118. The third-order valence-electron chi connectivity index (χ3n) is 4.69. The van der Waals surface area contributed by atoms with Crippen molar-refractivity contribution in [3.63, 3.8) is 0 Å². The molecule has 2 N–H and O–H groups in total. The number of methoxy groups -OCH3 is 1. The van der Waals surface area contributed by atoms with E-state index in [1.807, 2.05) is 38.1 Å². The number of nitrogens with one attached hydrogen (secondary N) is 2. The number of hydrogen-bond donors (Lipinski definition) is 2. The van der Waals surface area contributed by atoms with E-state index in [0.717, 1.165) is 5.56 Å². The van der Waals surface area contributed by atoms with Gasteiger partial charge < -0.3 is 19.5 Å². The zero-order chi connectivity index (χ0) is 24.3. The fourth-order valence-corrected chi connectivity index (χ4v) is 2.94. The van der Waals surface area contributed by atoms with Crippen LogP contribution in [-0.4, -0.2) is 38.4 Å². The first kappa shape index (κ1) is 24.3. The summed E-state index contributed by atoms with van der Waals surface area (Å²) in [6.07, 6.45) is 1.50. The zero-order valence-electron chi connectivity index (χ0n) is 19.3. The molecule has 0 aliphatic carbocycles. The second kappa shape index (κ2) is 12.1. The number of carbonyl (C=O) groups excluding carboxylic acids is 2. The topological polar surface area (TPSA) is 98.2 Å². The smallest absolute Gasteiger partial charge is 0.271 e. The second-order valence-electron chi connectivity index (χ2n) is 7.27. The molecule has 0 aliphatic rings. The zero-order valence-corrected chi connectivity index (χ0v) is 19.3. The first-order valence-corrected chi connectivity index (χ1v) is 10.7. The molecular weight excluding hydrogens is 434 g/mol. The molecule has 0 atom stereocenters. The summed E-state index contributed by atoms with van der Waals surface area (Å²) in [6, 6.07) is 19.4. The summed E-state index contributed by atoms with van der Waals surface area (Å²) in [6.45, 7) is 4.08. The maximum absolute atomic E-state index is 12.2. The molecule has 2 amide bonds. The average molecular weight is 462 g/mol. The molecule has 3 aromatic rings. The predicted molar refractivity (Wildman–Crippen MR) is 131 cm³/mol. The van der Waals surface area contributed by atoms with Crippen LogP contribution in [0.1, 0.15) is 28.4 Å². The van der Waals surface area contributed by atoms with Gasteiger partial charge in [0.2, 0.25) is 0 Å². The van der Waals surface area contributed by atoms with Gasteiger partial charge in [0.1, 0.15) is 5.75 Å². The number of anilines is 1. The third kappa shape index (κ3) is 7.09. The Morgan fingerprint density at radius 3 is 2.35 bits per heavy atom. The summed E-state index contributed by atoms with van der Waals surface area (Å²) in [7, 11) is 1.56. The molecule has 0 unspecified atom stereocenters. The van der Waals surface area contributed by atoms with Gasteiger partial charge in [-0.25, -0.2) is 5.43 Å². The van der Waals surface area contributed by atoms with E-state index in [0.29, 0.717) is 40.7 Å². The predicted octanol–water partition coefficient (Wildman–Crippen LogP) is 4.18. The van der Waals surface area contributed by atoms with Gasteiger partial charge in [-0.1, -0.05) is 17.7 Å². The van der Waals surface area contributed by atoms with Gasteiger partial charge in [-0.2, -0.15) is 5.10 Å². The van der Waals surface area contributed by atoms with Gasteiger partial charge in [0.15, 0.2) is 18.1 Å². The highest BCUT2D eigenvalue weighted by Crippen LogP contribution is 2.28. The van der Waals surface area contributed by atoms with E-state index in [1.54, 1.807) is 49.6 Å². The highest BCUT2D eigenvalue weighted by Gasteiger charge is 2.10. The minimum absolute atomic E-state index is 0.167. The van der Waals surface area contributed by atoms with Crippen LogP contribution in [0.3, 0.4) is 0 Å². The van der Waals surface area contributed by atoms with Crippen LogP contribution < -0.4 is 25.0 Å². The Labute approximate surface area is 198 Å². The molecule has 0 radical (unpaired) electrons.